The van der Waals surface area contributed by atoms with Gasteiger partial charge in [-0.15, -0.1) is 0 Å². The van der Waals surface area contributed by atoms with Crippen LogP contribution in [0.3, 0.4) is 0 Å². The Morgan fingerprint density at radius 3 is 2.64 bits per heavy atom. The monoisotopic (exact) mass is 194 g/mol. The van der Waals surface area contributed by atoms with Crippen LogP contribution < -0.4 is 0 Å². The van der Waals surface area contributed by atoms with Crippen molar-refractivity contribution >= 4 is 5.78 Å². The fraction of sp³-hybridized carbons (Fsp3) is 0.917. The molecule has 0 N–H and O–H groups in total. The van der Waals surface area contributed by atoms with E-state index in [0.29, 0.717) is 11.7 Å². The van der Waals surface area contributed by atoms with Crippen molar-refractivity contribution in [1.82, 2.24) is 0 Å². The molecule has 2 aliphatic carbocycles. The first-order chi connectivity index (χ1) is 6.84. The summed E-state index contributed by atoms with van der Waals surface area (Å²) >= 11 is 0. The lowest BCUT2D eigenvalue weighted by Crippen LogP contribution is -2.30. The quantitative estimate of drug-likeness (QED) is 0.673. The lowest BCUT2D eigenvalue weighted by molar-refractivity contribution is -0.133. The Kier molecular flexibility index (Phi) is 2.12. The van der Waals surface area contributed by atoms with E-state index >= 15 is 0 Å². The number of ether oxygens (including phenoxy) is 1. The molecule has 3 aliphatic rings. The third kappa shape index (κ3) is 1.31. The molecule has 3 fully saturated rings. The van der Waals surface area contributed by atoms with Gasteiger partial charge in [-0.1, -0.05) is 6.42 Å². The largest absolute Gasteiger partial charge is 0.370 e. The Morgan fingerprint density at radius 1 is 1.14 bits per heavy atom. The van der Waals surface area contributed by atoms with E-state index in [4.69, 9.17) is 4.74 Å². The zero-order valence-corrected chi connectivity index (χ0v) is 8.58. The van der Waals surface area contributed by atoms with Crippen LogP contribution in [0.1, 0.15) is 38.5 Å². The second-order valence-electron chi connectivity index (χ2n) is 5.19. The van der Waals surface area contributed by atoms with Crippen molar-refractivity contribution in [3.05, 3.63) is 0 Å². The molecular formula is C12H18O2. The van der Waals surface area contributed by atoms with Crippen molar-refractivity contribution < 1.29 is 9.53 Å². The maximum absolute atomic E-state index is 12.1. The SMILES string of the molecule is O=C(C1CCCO1)C1CC2CCC1C2. The Hall–Kier alpha value is -0.370. The second kappa shape index (κ2) is 3.34. The molecule has 2 nitrogen and oxygen atoms in total. The molecule has 1 heterocycles. The molecule has 4 atom stereocenters. The van der Waals surface area contributed by atoms with E-state index in [1.165, 1.54) is 25.7 Å². The van der Waals surface area contributed by atoms with Gasteiger partial charge in [-0.2, -0.15) is 0 Å². The Bertz CT molecular complexity index is 243. The van der Waals surface area contributed by atoms with Crippen molar-refractivity contribution in [2.45, 2.75) is 44.6 Å². The molecule has 0 aromatic rings. The van der Waals surface area contributed by atoms with Crippen LogP contribution in [0.25, 0.3) is 0 Å². The minimum absolute atomic E-state index is 0.0284. The summed E-state index contributed by atoms with van der Waals surface area (Å²) < 4.78 is 5.49. The van der Waals surface area contributed by atoms with Crippen LogP contribution in [0, 0.1) is 17.8 Å². The van der Waals surface area contributed by atoms with E-state index < -0.39 is 0 Å². The third-order valence-electron chi connectivity index (χ3n) is 4.35. The Balaban J connectivity index is 1.67. The maximum atomic E-state index is 12.1. The van der Waals surface area contributed by atoms with Crippen LogP contribution >= 0.6 is 0 Å². The molecule has 0 amide bonds. The molecule has 0 radical (unpaired) electrons. The fourth-order valence-corrected chi connectivity index (χ4v) is 3.63. The molecule has 1 aliphatic heterocycles. The van der Waals surface area contributed by atoms with Gasteiger partial charge < -0.3 is 4.74 Å². The number of Topliss-reactive ketones (excluding diaryl/α,β-unsaturated/α-hetero) is 1. The van der Waals surface area contributed by atoms with Gasteiger partial charge in [0.15, 0.2) is 5.78 Å². The topological polar surface area (TPSA) is 26.3 Å². The molecule has 3 rings (SSSR count). The van der Waals surface area contributed by atoms with Gasteiger partial charge in [0.25, 0.3) is 0 Å². The number of carbonyl (C=O) groups is 1. The van der Waals surface area contributed by atoms with Gasteiger partial charge in [0.1, 0.15) is 6.10 Å². The average molecular weight is 194 g/mol. The lowest BCUT2D eigenvalue weighted by Gasteiger charge is -2.22. The zero-order chi connectivity index (χ0) is 9.54. The van der Waals surface area contributed by atoms with E-state index in [1.807, 2.05) is 0 Å². The molecule has 0 aromatic heterocycles. The summed E-state index contributed by atoms with van der Waals surface area (Å²) in [6, 6.07) is 0. The molecular weight excluding hydrogens is 176 g/mol. The van der Waals surface area contributed by atoms with Crippen molar-refractivity contribution in [3.63, 3.8) is 0 Å². The minimum Gasteiger partial charge on any atom is -0.370 e. The summed E-state index contributed by atoms with van der Waals surface area (Å²) in [5.41, 5.74) is 0. The minimum atomic E-state index is -0.0284. The first-order valence-electron chi connectivity index (χ1n) is 6.00. The maximum Gasteiger partial charge on any atom is 0.164 e. The van der Waals surface area contributed by atoms with Crippen LogP contribution in [-0.2, 0) is 9.53 Å². The number of rotatable bonds is 2. The van der Waals surface area contributed by atoms with Crippen molar-refractivity contribution in [1.29, 1.82) is 0 Å². The highest BCUT2D eigenvalue weighted by Gasteiger charge is 2.45. The number of hydrogen-bond donors (Lipinski definition) is 0. The Morgan fingerprint density at radius 2 is 2.07 bits per heavy atom. The molecule has 4 unspecified atom stereocenters. The van der Waals surface area contributed by atoms with Crippen LogP contribution in [0.4, 0.5) is 0 Å². The van der Waals surface area contributed by atoms with Gasteiger partial charge in [-0.25, -0.2) is 0 Å². The fourth-order valence-electron chi connectivity index (χ4n) is 3.63. The van der Waals surface area contributed by atoms with E-state index in [2.05, 4.69) is 0 Å². The van der Waals surface area contributed by atoms with Gasteiger partial charge in [0.2, 0.25) is 0 Å². The number of carbonyl (C=O) groups excluding carboxylic acids is 1. The molecule has 2 saturated carbocycles. The van der Waals surface area contributed by atoms with Crippen LogP contribution in [0.2, 0.25) is 0 Å². The third-order valence-corrected chi connectivity index (χ3v) is 4.35. The van der Waals surface area contributed by atoms with E-state index in [9.17, 15) is 4.79 Å². The summed E-state index contributed by atoms with van der Waals surface area (Å²) in [7, 11) is 0. The standard InChI is InChI=1S/C12H18O2/c13-12(11-2-1-5-14-11)10-7-8-3-4-9(10)6-8/h8-11H,1-7H2. The summed E-state index contributed by atoms with van der Waals surface area (Å²) in [5.74, 6) is 2.40. The highest BCUT2D eigenvalue weighted by atomic mass is 16.5. The van der Waals surface area contributed by atoms with Gasteiger partial charge in [-0.3, -0.25) is 4.79 Å². The van der Waals surface area contributed by atoms with Gasteiger partial charge in [0.05, 0.1) is 0 Å². The lowest BCUT2D eigenvalue weighted by atomic mass is 9.83. The molecule has 0 aromatic carbocycles. The van der Waals surface area contributed by atoms with Gasteiger partial charge >= 0.3 is 0 Å². The zero-order valence-electron chi connectivity index (χ0n) is 8.58. The number of fused-ring (bicyclic) bond motifs is 2. The van der Waals surface area contributed by atoms with Crippen molar-refractivity contribution in [3.8, 4) is 0 Å². The normalized spacial score (nSPS) is 46.0. The molecule has 14 heavy (non-hydrogen) atoms. The summed E-state index contributed by atoms with van der Waals surface area (Å²) in [6.07, 6.45) is 7.20. The van der Waals surface area contributed by atoms with Crippen molar-refractivity contribution in [2.75, 3.05) is 6.61 Å². The second-order valence-corrected chi connectivity index (χ2v) is 5.19. The molecule has 2 bridgehead atoms. The first-order valence-corrected chi connectivity index (χ1v) is 6.00. The van der Waals surface area contributed by atoms with Crippen molar-refractivity contribution in [2.24, 2.45) is 17.8 Å². The smallest absolute Gasteiger partial charge is 0.164 e. The van der Waals surface area contributed by atoms with Gasteiger partial charge in [-0.05, 0) is 43.9 Å². The number of hydrogen-bond acceptors (Lipinski definition) is 2. The predicted octanol–water partition coefficient (Wildman–Crippen LogP) is 2.17. The summed E-state index contributed by atoms with van der Waals surface area (Å²) in [5, 5.41) is 0. The first kappa shape index (κ1) is 8.90. The number of ketones is 1. The van der Waals surface area contributed by atoms with Crippen LogP contribution in [0.15, 0.2) is 0 Å². The molecule has 2 heteroatoms. The highest BCUT2D eigenvalue weighted by molar-refractivity contribution is 5.86. The average Bonchev–Trinajstić information content (AvgIpc) is 2.93. The summed E-state index contributed by atoms with van der Waals surface area (Å²) in [4.78, 5) is 12.1. The molecule has 78 valence electrons. The summed E-state index contributed by atoms with van der Waals surface area (Å²) in [6.45, 7) is 0.803. The highest BCUT2D eigenvalue weighted by Crippen LogP contribution is 2.49. The molecule has 1 saturated heterocycles. The van der Waals surface area contributed by atoms with Crippen LogP contribution in [0.5, 0.6) is 0 Å². The Labute approximate surface area is 85.0 Å². The van der Waals surface area contributed by atoms with E-state index in [0.717, 1.165) is 31.3 Å². The van der Waals surface area contributed by atoms with Gasteiger partial charge in [0, 0.05) is 12.5 Å². The van der Waals surface area contributed by atoms with E-state index in [1.54, 1.807) is 0 Å². The molecule has 0 spiro atoms. The van der Waals surface area contributed by atoms with E-state index in [-0.39, 0.29) is 6.10 Å². The predicted molar refractivity (Wildman–Crippen MR) is 52.9 cm³/mol. The van der Waals surface area contributed by atoms with Crippen LogP contribution in [-0.4, -0.2) is 18.5 Å².